The Hall–Kier alpha value is -2.83. The molecule has 0 atom stereocenters. The van der Waals surface area contributed by atoms with Gasteiger partial charge in [0.25, 0.3) is 5.56 Å². The number of hydrogen-bond donors (Lipinski definition) is 2. The summed E-state index contributed by atoms with van der Waals surface area (Å²) in [5.41, 5.74) is 2.77. The summed E-state index contributed by atoms with van der Waals surface area (Å²) in [6, 6.07) is 7.22. The van der Waals surface area contributed by atoms with E-state index in [0.717, 1.165) is 16.7 Å². The number of rotatable bonds is 3. The van der Waals surface area contributed by atoms with Gasteiger partial charge >= 0.3 is 0 Å². The number of nitrogens with one attached hydrogen (secondary N) is 1. The molecule has 0 aliphatic rings. The minimum atomic E-state index is -0.271. The van der Waals surface area contributed by atoms with Crippen LogP contribution in [0, 0.1) is 13.8 Å². The Morgan fingerprint density at radius 1 is 1.33 bits per heavy atom. The number of hydrogen-bond acceptors (Lipinski definition) is 5. The summed E-state index contributed by atoms with van der Waals surface area (Å²) in [6.45, 7) is 3.64. The second kappa shape index (κ2) is 6.72. The van der Waals surface area contributed by atoms with E-state index in [4.69, 9.17) is 16.0 Å². The molecule has 136 valence electrons. The van der Waals surface area contributed by atoms with Crippen molar-refractivity contribution in [1.29, 1.82) is 0 Å². The van der Waals surface area contributed by atoms with Crippen LogP contribution in [-0.4, -0.2) is 15.1 Å². The quantitative estimate of drug-likeness (QED) is 0.490. The lowest BCUT2D eigenvalue weighted by atomic mass is 10.1. The molecule has 0 unspecified atom stereocenters. The van der Waals surface area contributed by atoms with Crippen LogP contribution in [0.25, 0.3) is 32.6 Å². The van der Waals surface area contributed by atoms with Crippen LogP contribution in [0.1, 0.15) is 22.5 Å². The molecule has 2 N–H and O–H groups in total. The first kappa shape index (κ1) is 17.6. The predicted molar refractivity (Wildman–Crippen MR) is 109 cm³/mol. The maximum Gasteiger partial charge on any atom is 0.260 e. The summed E-state index contributed by atoms with van der Waals surface area (Å²) in [6.07, 6.45) is 3.28. The summed E-state index contributed by atoms with van der Waals surface area (Å²) < 4.78 is 5.40. The first-order chi connectivity index (χ1) is 12.9. The molecule has 1 aromatic carbocycles. The van der Waals surface area contributed by atoms with E-state index in [1.807, 2.05) is 31.4 Å². The van der Waals surface area contributed by atoms with E-state index in [-0.39, 0.29) is 11.3 Å². The van der Waals surface area contributed by atoms with Gasteiger partial charge in [0.05, 0.1) is 16.7 Å². The zero-order valence-corrected chi connectivity index (χ0v) is 16.1. The van der Waals surface area contributed by atoms with Crippen LogP contribution in [0.5, 0.6) is 5.75 Å². The fourth-order valence-electron chi connectivity index (χ4n) is 2.96. The van der Waals surface area contributed by atoms with Gasteiger partial charge in [0.2, 0.25) is 0 Å². The number of furan rings is 1. The molecule has 27 heavy (non-hydrogen) atoms. The van der Waals surface area contributed by atoms with Gasteiger partial charge in [0.1, 0.15) is 16.3 Å². The highest BCUT2D eigenvalue weighted by atomic mass is 35.5. The number of aromatic hydroxyl groups is 1. The lowest BCUT2D eigenvalue weighted by Gasteiger charge is -2.06. The molecule has 4 aromatic rings. The monoisotopic (exact) mass is 398 g/mol. The Kier molecular flexibility index (Phi) is 4.37. The van der Waals surface area contributed by atoms with E-state index in [9.17, 15) is 9.90 Å². The zero-order chi connectivity index (χ0) is 19.1. The molecule has 4 rings (SSSR count). The average Bonchev–Trinajstić information content (AvgIpc) is 3.28. The predicted octanol–water partition coefficient (Wildman–Crippen LogP) is 5.30. The van der Waals surface area contributed by atoms with Crippen molar-refractivity contribution in [3.05, 3.63) is 68.8 Å². The van der Waals surface area contributed by atoms with Gasteiger partial charge in [-0.05, 0) is 60.9 Å². The van der Waals surface area contributed by atoms with Gasteiger partial charge in [-0.2, -0.15) is 0 Å². The van der Waals surface area contributed by atoms with Crippen LogP contribution in [0.15, 0.2) is 45.1 Å². The molecule has 3 heterocycles. The number of aromatic nitrogens is 2. The van der Waals surface area contributed by atoms with Crippen LogP contribution >= 0.6 is 22.9 Å². The zero-order valence-electron chi connectivity index (χ0n) is 14.5. The van der Waals surface area contributed by atoms with Crippen LogP contribution in [0.4, 0.5) is 0 Å². The number of aromatic amines is 1. The first-order valence-electron chi connectivity index (χ1n) is 8.17. The summed E-state index contributed by atoms with van der Waals surface area (Å²) in [5.74, 6) is 1.18. The van der Waals surface area contributed by atoms with Gasteiger partial charge in [-0.25, -0.2) is 4.98 Å². The summed E-state index contributed by atoms with van der Waals surface area (Å²) >= 11 is 7.78. The van der Waals surface area contributed by atoms with Crippen molar-refractivity contribution in [3.8, 4) is 17.1 Å². The van der Waals surface area contributed by atoms with E-state index in [1.54, 1.807) is 24.5 Å². The molecule has 5 nitrogen and oxygen atoms in total. The van der Waals surface area contributed by atoms with Crippen molar-refractivity contribution in [2.24, 2.45) is 0 Å². The molecule has 0 amide bonds. The summed E-state index contributed by atoms with van der Waals surface area (Å²) in [5, 5.41) is 12.5. The summed E-state index contributed by atoms with van der Waals surface area (Å²) in [7, 11) is 0. The van der Waals surface area contributed by atoms with E-state index >= 15 is 0 Å². The highest BCUT2D eigenvalue weighted by Crippen LogP contribution is 2.32. The van der Waals surface area contributed by atoms with Crippen molar-refractivity contribution < 1.29 is 9.52 Å². The van der Waals surface area contributed by atoms with Gasteiger partial charge in [0, 0.05) is 10.9 Å². The molecular weight excluding hydrogens is 384 g/mol. The fraction of sp³-hybridized carbons (Fsp3) is 0.100. The van der Waals surface area contributed by atoms with Crippen molar-refractivity contribution >= 4 is 44.3 Å². The molecule has 0 saturated carbocycles. The molecule has 0 saturated heterocycles. The van der Waals surface area contributed by atoms with Crippen molar-refractivity contribution in [2.45, 2.75) is 13.8 Å². The lowest BCUT2D eigenvalue weighted by Crippen LogP contribution is -2.10. The third-order valence-electron chi connectivity index (χ3n) is 4.26. The first-order valence-corrected chi connectivity index (χ1v) is 9.43. The molecule has 0 radical (unpaired) electrons. The Labute approximate surface area is 163 Å². The van der Waals surface area contributed by atoms with Gasteiger partial charge in [-0.3, -0.25) is 4.79 Å². The van der Waals surface area contributed by atoms with Gasteiger partial charge in [-0.15, -0.1) is 11.3 Å². The van der Waals surface area contributed by atoms with Crippen molar-refractivity contribution in [2.75, 3.05) is 0 Å². The largest absolute Gasteiger partial charge is 0.507 e. The topological polar surface area (TPSA) is 79.1 Å². The minimum absolute atomic E-state index is 0.264. The number of phenols is 1. The smallest absolute Gasteiger partial charge is 0.260 e. The standard InChI is InChI=1S/C20H15ClN2O3S/c1-10-6-12(7-11(2)17(10)24)8-14(21)18-22-19(25)16-13(9-27-20(16)23-18)15-4-3-5-26-15/h3-9,24H,1-2H3,(H,22,23,25)/b14-8-. The molecule has 7 heteroatoms. The Balaban J connectivity index is 1.79. The lowest BCUT2D eigenvalue weighted by molar-refractivity contribution is 0.467. The van der Waals surface area contributed by atoms with E-state index in [1.165, 1.54) is 11.3 Å². The van der Waals surface area contributed by atoms with Crippen molar-refractivity contribution in [1.82, 2.24) is 9.97 Å². The number of H-pyrrole nitrogens is 1. The van der Waals surface area contributed by atoms with Gasteiger partial charge < -0.3 is 14.5 Å². The highest BCUT2D eigenvalue weighted by Gasteiger charge is 2.15. The molecule has 0 spiro atoms. The van der Waals surface area contributed by atoms with E-state index < -0.39 is 0 Å². The highest BCUT2D eigenvalue weighted by molar-refractivity contribution is 7.17. The average molecular weight is 399 g/mol. The van der Waals surface area contributed by atoms with Crippen LogP contribution in [-0.2, 0) is 0 Å². The molecular formula is C20H15ClN2O3S. The molecule has 0 bridgehead atoms. The minimum Gasteiger partial charge on any atom is -0.507 e. The normalized spacial score (nSPS) is 12.0. The SMILES string of the molecule is Cc1cc(/C=C(\Cl)c2nc3scc(-c4ccco4)c3c(=O)[nH]2)cc(C)c1O. The molecule has 0 fully saturated rings. The Morgan fingerprint density at radius 3 is 2.74 bits per heavy atom. The maximum atomic E-state index is 12.6. The Morgan fingerprint density at radius 2 is 2.07 bits per heavy atom. The van der Waals surface area contributed by atoms with Crippen molar-refractivity contribution in [3.63, 3.8) is 0 Å². The molecule has 0 aliphatic carbocycles. The number of aryl methyl sites for hydroxylation is 2. The maximum absolute atomic E-state index is 12.6. The number of thiophene rings is 1. The number of benzene rings is 1. The third-order valence-corrected chi connectivity index (χ3v) is 5.42. The molecule has 0 aliphatic heterocycles. The number of fused-ring (bicyclic) bond motifs is 1. The van der Waals surface area contributed by atoms with Crippen LogP contribution in [0.3, 0.4) is 0 Å². The Bertz CT molecular complexity index is 1210. The fourth-order valence-corrected chi connectivity index (χ4v) is 4.11. The van der Waals surface area contributed by atoms with Gasteiger partial charge in [0.15, 0.2) is 5.82 Å². The van der Waals surface area contributed by atoms with Gasteiger partial charge in [-0.1, -0.05) is 11.6 Å². The van der Waals surface area contributed by atoms with E-state index in [0.29, 0.717) is 32.4 Å². The number of phenolic OH excluding ortho intramolecular Hbond substituents is 1. The number of nitrogens with zero attached hydrogens (tertiary/aromatic N) is 1. The summed E-state index contributed by atoms with van der Waals surface area (Å²) in [4.78, 5) is 20.5. The third kappa shape index (κ3) is 3.18. The second-order valence-electron chi connectivity index (χ2n) is 6.22. The second-order valence-corrected chi connectivity index (χ2v) is 7.48. The van der Waals surface area contributed by atoms with E-state index in [2.05, 4.69) is 9.97 Å². The van der Waals surface area contributed by atoms with Crippen LogP contribution < -0.4 is 5.56 Å². The van der Waals surface area contributed by atoms with Crippen LogP contribution in [0.2, 0.25) is 0 Å². The number of halogens is 1. The molecule has 3 aromatic heterocycles.